The van der Waals surface area contributed by atoms with Crippen molar-refractivity contribution in [3.63, 3.8) is 0 Å². The van der Waals surface area contributed by atoms with Crippen molar-refractivity contribution in [2.24, 2.45) is 0 Å². The molecule has 0 aliphatic carbocycles. The van der Waals surface area contributed by atoms with Crippen LogP contribution < -0.4 is 5.32 Å². The summed E-state index contributed by atoms with van der Waals surface area (Å²) in [6, 6.07) is 11.0. The Morgan fingerprint density at radius 1 is 1.16 bits per heavy atom. The number of anilines is 1. The molecule has 98 valence electrons. The lowest BCUT2D eigenvalue weighted by Gasteiger charge is -2.11. The van der Waals surface area contributed by atoms with Gasteiger partial charge in [0.25, 0.3) is 5.91 Å². The predicted molar refractivity (Wildman–Crippen MR) is 83.0 cm³/mol. The number of nitrogens with one attached hydrogen (secondary N) is 1. The van der Waals surface area contributed by atoms with E-state index in [1.165, 1.54) is 0 Å². The van der Waals surface area contributed by atoms with E-state index in [0.29, 0.717) is 10.6 Å². The molecule has 2 aromatic rings. The third-order valence-corrected chi connectivity index (χ3v) is 4.41. The second-order valence-corrected chi connectivity index (χ2v) is 5.50. The zero-order valence-electron chi connectivity index (χ0n) is 10.6. The minimum atomic E-state index is -0.152. The second-order valence-electron chi connectivity index (χ2n) is 4.30. The summed E-state index contributed by atoms with van der Waals surface area (Å²) < 4.78 is 0.812. The molecule has 0 atom stereocenters. The number of hydrogen-bond acceptors (Lipinski definition) is 1. The van der Waals surface area contributed by atoms with Crippen LogP contribution in [0.4, 0.5) is 5.69 Å². The average Bonchev–Trinajstić information content (AvgIpc) is 2.38. The first-order valence-corrected chi connectivity index (χ1v) is 6.99. The highest BCUT2D eigenvalue weighted by atomic mass is 79.9. The average molecular weight is 339 g/mol. The Labute approximate surface area is 125 Å². The molecule has 2 nitrogen and oxygen atoms in total. The molecule has 0 bridgehead atoms. The first kappa shape index (κ1) is 14.1. The number of aryl methyl sites for hydroxylation is 1. The summed E-state index contributed by atoms with van der Waals surface area (Å²) in [5, 5.41) is 3.52. The molecule has 0 aliphatic heterocycles. The molecule has 19 heavy (non-hydrogen) atoms. The lowest BCUT2D eigenvalue weighted by molar-refractivity contribution is 0.102. The van der Waals surface area contributed by atoms with Gasteiger partial charge in [0, 0.05) is 15.2 Å². The van der Waals surface area contributed by atoms with Crippen LogP contribution in [0.3, 0.4) is 0 Å². The molecule has 0 aromatic heterocycles. The van der Waals surface area contributed by atoms with E-state index in [0.717, 1.165) is 21.3 Å². The van der Waals surface area contributed by atoms with Gasteiger partial charge in [0.2, 0.25) is 0 Å². The van der Waals surface area contributed by atoms with Gasteiger partial charge in [-0.1, -0.05) is 29.8 Å². The first-order valence-electron chi connectivity index (χ1n) is 5.82. The highest BCUT2D eigenvalue weighted by Crippen LogP contribution is 2.25. The summed E-state index contributed by atoms with van der Waals surface area (Å²) in [5.41, 5.74) is 3.22. The van der Waals surface area contributed by atoms with Gasteiger partial charge in [-0.15, -0.1) is 0 Å². The highest BCUT2D eigenvalue weighted by molar-refractivity contribution is 9.10. The van der Waals surface area contributed by atoms with Crippen LogP contribution in [0.15, 0.2) is 40.9 Å². The molecule has 0 spiro atoms. The number of rotatable bonds is 2. The molecule has 0 aliphatic rings. The van der Waals surface area contributed by atoms with Crippen LogP contribution in [0.2, 0.25) is 5.02 Å². The van der Waals surface area contributed by atoms with Gasteiger partial charge >= 0.3 is 0 Å². The lowest BCUT2D eigenvalue weighted by Crippen LogP contribution is -2.13. The summed E-state index contributed by atoms with van der Waals surface area (Å²) in [6.45, 7) is 3.83. The van der Waals surface area contributed by atoms with E-state index in [-0.39, 0.29) is 5.91 Å². The van der Waals surface area contributed by atoms with Gasteiger partial charge in [0.1, 0.15) is 0 Å². The fraction of sp³-hybridized carbons (Fsp3) is 0.133. The standard InChI is InChI=1S/C15H13BrClNO/c1-9-5-3-6-11(14(9)16)15(19)18-13-8-4-7-12(17)10(13)2/h3-8H,1-2H3,(H,18,19). The van der Waals surface area contributed by atoms with Crippen molar-refractivity contribution in [2.45, 2.75) is 13.8 Å². The van der Waals surface area contributed by atoms with Gasteiger partial charge in [-0.25, -0.2) is 0 Å². The van der Waals surface area contributed by atoms with E-state index in [2.05, 4.69) is 21.2 Å². The monoisotopic (exact) mass is 337 g/mol. The van der Waals surface area contributed by atoms with Gasteiger partial charge in [0.05, 0.1) is 5.56 Å². The minimum absolute atomic E-state index is 0.152. The highest BCUT2D eigenvalue weighted by Gasteiger charge is 2.13. The number of hydrogen-bond donors (Lipinski definition) is 1. The molecule has 0 saturated heterocycles. The Bertz CT molecular complexity index is 640. The minimum Gasteiger partial charge on any atom is -0.322 e. The van der Waals surface area contributed by atoms with E-state index in [9.17, 15) is 4.79 Å². The van der Waals surface area contributed by atoms with Crippen LogP contribution in [-0.4, -0.2) is 5.91 Å². The first-order chi connectivity index (χ1) is 9.00. The summed E-state index contributed by atoms with van der Waals surface area (Å²) >= 11 is 9.48. The quantitative estimate of drug-likeness (QED) is 0.823. The topological polar surface area (TPSA) is 29.1 Å². The summed E-state index contributed by atoms with van der Waals surface area (Å²) in [7, 11) is 0. The molecule has 0 unspecified atom stereocenters. The zero-order chi connectivity index (χ0) is 14.0. The van der Waals surface area contributed by atoms with E-state index in [1.807, 2.05) is 38.1 Å². The lowest BCUT2D eigenvalue weighted by atomic mass is 10.1. The maximum absolute atomic E-state index is 12.3. The van der Waals surface area contributed by atoms with Gasteiger partial charge < -0.3 is 5.32 Å². The van der Waals surface area contributed by atoms with Crippen LogP contribution in [0.5, 0.6) is 0 Å². The fourth-order valence-electron chi connectivity index (χ4n) is 1.76. The van der Waals surface area contributed by atoms with Crippen molar-refractivity contribution < 1.29 is 4.79 Å². The van der Waals surface area contributed by atoms with Crippen molar-refractivity contribution in [1.29, 1.82) is 0 Å². The fourth-order valence-corrected chi connectivity index (χ4v) is 2.37. The zero-order valence-corrected chi connectivity index (χ0v) is 13.0. The van der Waals surface area contributed by atoms with Crippen LogP contribution in [-0.2, 0) is 0 Å². The molecule has 0 radical (unpaired) electrons. The number of carbonyl (C=O) groups is 1. The Kier molecular flexibility index (Phi) is 4.27. The Morgan fingerprint density at radius 3 is 2.58 bits per heavy atom. The number of benzene rings is 2. The van der Waals surface area contributed by atoms with Crippen molar-refractivity contribution in [3.8, 4) is 0 Å². The molecule has 0 heterocycles. The molecular formula is C15H13BrClNO. The van der Waals surface area contributed by atoms with Crippen molar-refractivity contribution in [3.05, 3.63) is 62.6 Å². The summed E-state index contributed by atoms with van der Waals surface area (Å²) in [4.78, 5) is 12.3. The van der Waals surface area contributed by atoms with Crippen molar-refractivity contribution in [1.82, 2.24) is 0 Å². The van der Waals surface area contributed by atoms with Gasteiger partial charge in [-0.05, 0) is 59.1 Å². The summed E-state index contributed by atoms with van der Waals surface area (Å²) in [5.74, 6) is -0.152. The van der Waals surface area contributed by atoms with Crippen molar-refractivity contribution >= 4 is 39.1 Å². The SMILES string of the molecule is Cc1cccc(C(=O)Nc2cccc(Cl)c2C)c1Br. The number of carbonyl (C=O) groups excluding carboxylic acids is 1. The summed E-state index contributed by atoms with van der Waals surface area (Å²) in [6.07, 6.45) is 0. The number of amides is 1. The maximum Gasteiger partial charge on any atom is 0.256 e. The third-order valence-electron chi connectivity index (χ3n) is 2.95. The largest absolute Gasteiger partial charge is 0.322 e. The van der Waals surface area contributed by atoms with Crippen LogP contribution in [0, 0.1) is 13.8 Å². The van der Waals surface area contributed by atoms with E-state index in [1.54, 1.807) is 12.1 Å². The number of halogens is 2. The van der Waals surface area contributed by atoms with Crippen LogP contribution in [0.25, 0.3) is 0 Å². The maximum atomic E-state index is 12.3. The second kappa shape index (κ2) is 5.76. The van der Waals surface area contributed by atoms with Crippen LogP contribution in [0.1, 0.15) is 21.5 Å². The molecule has 0 fully saturated rings. The third kappa shape index (κ3) is 2.99. The molecule has 1 N–H and O–H groups in total. The van der Waals surface area contributed by atoms with Gasteiger partial charge in [0.15, 0.2) is 0 Å². The Hall–Kier alpha value is -1.32. The van der Waals surface area contributed by atoms with E-state index < -0.39 is 0 Å². The van der Waals surface area contributed by atoms with E-state index in [4.69, 9.17) is 11.6 Å². The molecule has 2 rings (SSSR count). The normalized spacial score (nSPS) is 10.3. The predicted octanol–water partition coefficient (Wildman–Crippen LogP) is 4.97. The molecular weight excluding hydrogens is 326 g/mol. The molecule has 0 saturated carbocycles. The van der Waals surface area contributed by atoms with Crippen molar-refractivity contribution in [2.75, 3.05) is 5.32 Å². The molecule has 1 amide bonds. The Balaban J connectivity index is 2.31. The van der Waals surface area contributed by atoms with Gasteiger partial charge in [-0.2, -0.15) is 0 Å². The smallest absolute Gasteiger partial charge is 0.256 e. The van der Waals surface area contributed by atoms with Gasteiger partial charge in [-0.3, -0.25) is 4.79 Å². The molecule has 2 aromatic carbocycles. The van der Waals surface area contributed by atoms with E-state index >= 15 is 0 Å². The Morgan fingerprint density at radius 2 is 1.84 bits per heavy atom. The molecule has 4 heteroatoms. The van der Waals surface area contributed by atoms with Crippen LogP contribution >= 0.6 is 27.5 Å².